The van der Waals surface area contributed by atoms with Crippen molar-refractivity contribution in [3.8, 4) is 0 Å². The summed E-state index contributed by atoms with van der Waals surface area (Å²) in [5.41, 5.74) is 0.313. The highest BCUT2D eigenvalue weighted by atomic mass is 35.5. The maximum Gasteiger partial charge on any atom is 0.251 e. The van der Waals surface area contributed by atoms with Crippen molar-refractivity contribution < 1.29 is 13.2 Å². The van der Waals surface area contributed by atoms with Crippen molar-refractivity contribution in [2.45, 2.75) is 29.7 Å². The molecule has 0 unspecified atom stereocenters. The molecule has 140 valence electrons. The van der Waals surface area contributed by atoms with Crippen LogP contribution in [0.4, 0.5) is 0 Å². The first-order valence-corrected chi connectivity index (χ1v) is 10.9. The number of thioether (sulfide) groups is 1. The molecule has 0 spiro atoms. The number of halogens is 1. The molecular formula is C18H21ClN2O3S2. The molecule has 2 aromatic carbocycles. The zero-order chi connectivity index (χ0) is 19.2. The molecule has 0 aliphatic heterocycles. The van der Waals surface area contributed by atoms with Gasteiger partial charge in [0.15, 0.2) is 0 Å². The van der Waals surface area contributed by atoms with Crippen LogP contribution in [0.1, 0.15) is 24.2 Å². The van der Waals surface area contributed by atoms with Crippen molar-refractivity contribution in [3.63, 3.8) is 0 Å². The minimum Gasteiger partial charge on any atom is -0.351 e. The largest absolute Gasteiger partial charge is 0.351 e. The lowest BCUT2D eigenvalue weighted by Crippen LogP contribution is -2.30. The molecule has 0 fully saturated rings. The Bertz CT molecular complexity index is 853. The van der Waals surface area contributed by atoms with Crippen LogP contribution in [0.25, 0.3) is 0 Å². The van der Waals surface area contributed by atoms with Gasteiger partial charge in [-0.25, -0.2) is 13.1 Å². The zero-order valence-corrected chi connectivity index (χ0v) is 16.9. The van der Waals surface area contributed by atoms with Crippen LogP contribution in [0.15, 0.2) is 58.3 Å². The normalized spacial score (nSPS) is 11.5. The van der Waals surface area contributed by atoms with Crippen LogP contribution in [-0.2, 0) is 10.0 Å². The summed E-state index contributed by atoms with van der Waals surface area (Å²) < 4.78 is 26.9. The van der Waals surface area contributed by atoms with E-state index in [4.69, 9.17) is 11.6 Å². The Labute approximate surface area is 163 Å². The van der Waals surface area contributed by atoms with Gasteiger partial charge in [-0.1, -0.05) is 17.7 Å². The Morgan fingerprint density at radius 1 is 1.15 bits per heavy atom. The molecule has 2 aromatic rings. The Hall–Kier alpha value is -1.54. The van der Waals surface area contributed by atoms with Gasteiger partial charge in [0.2, 0.25) is 10.0 Å². The van der Waals surface area contributed by atoms with E-state index in [1.54, 1.807) is 37.7 Å². The lowest BCUT2D eigenvalue weighted by atomic mass is 10.2. The predicted molar refractivity (Wildman–Crippen MR) is 106 cm³/mol. The summed E-state index contributed by atoms with van der Waals surface area (Å²) in [4.78, 5) is 13.4. The standard InChI is InChI=1S/C18H21ClN2O3S2/c1-13(2)21-26(23,24)17-5-3-4-14(12-17)18(22)20-10-11-25-16-8-6-15(19)7-9-16/h3-9,12-13,21H,10-11H2,1-2H3,(H,20,22). The number of carbonyl (C=O) groups excluding carboxylic acids is 1. The fraction of sp³-hybridized carbons (Fsp3) is 0.278. The molecule has 0 radical (unpaired) electrons. The van der Waals surface area contributed by atoms with Gasteiger partial charge in [0.1, 0.15) is 0 Å². The van der Waals surface area contributed by atoms with Gasteiger partial charge in [-0.15, -0.1) is 11.8 Å². The molecule has 26 heavy (non-hydrogen) atoms. The number of nitrogens with one attached hydrogen (secondary N) is 2. The highest BCUT2D eigenvalue weighted by Gasteiger charge is 2.17. The number of hydrogen-bond donors (Lipinski definition) is 2. The predicted octanol–water partition coefficient (Wildman–Crippen LogP) is 3.55. The summed E-state index contributed by atoms with van der Waals surface area (Å²) in [5, 5.41) is 3.48. The van der Waals surface area contributed by atoms with E-state index >= 15 is 0 Å². The first-order valence-electron chi connectivity index (χ1n) is 8.07. The van der Waals surface area contributed by atoms with E-state index in [0.29, 0.717) is 22.9 Å². The third-order valence-corrected chi connectivity index (χ3v) is 6.19. The molecule has 8 heteroatoms. The van der Waals surface area contributed by atoms with Gasteiger partial charge < -0.3 is 5.32 Å². The number of rotatable bonds is 8. The van der Waals surface area contributed by atoms with E-state index in [1.807, 2.05) is 24.3 Å². The van der Waals surface area contributed by atoms with Gasteiger partial charge in [-0.05, 0) is 56.3 Å². The van der Waals surface area contributed by atoms with E-state index in [-0.39, 0.29) is 16.8 Å². The molecule has 0 heterocycles. The van der Waals surface area contributed by atoms with E-state index in [0.717, 1.165) is 4.90 Å². The van der Waals surface area contributed by atoms with Gasteiger partial charge in [-0.2, -0.15) is 0 Å². The van der Waals surface area contributed by atoms with Crippen LogP contribution in [0, 0.1) is 0 Å². The molecule has 1 amide bonds. The first-order chi connectivity index (χ1) is 12.3. The number of sulfonamides is 1. The molecule has 2 rings (SSSR count). The summed E-state index contributed by atoms with van der Waals surface area (Å²) in [5.74, 6) is 0.392. The molecule has 0 aliphatic carbocycles. The molecule has 0 saturated carbocycles. The minimum absolute atomic E-state index is 0.0781. The number of amides is 1. The van der Waals surface area contributed by atoms with E-state index in [9.17, 15) is 13.2 Å². The van der Waals surface area contributed by atoms with Crippen LogP contribution >= 0.6 is 23.4 Å². The van der Waals surface area contributed by atoms with Crippen molar-refractivity contribution in [1.82, 2.24) is 10.0 Å². The van der Waals surface area contributed by atoms with Crippen molar-refractivity contribution in [2.24, 2.45) is 0 Å². The second-order valence-electron chi connectivity index (χ2n) is 5.86. The molecule has 2 N–H and O–H groups in total. The maximum absolute atomic E-state index is 12.2. The molecule has 5 nitrogen and oxygen atoms in total. The third-order valence-electron chi connectivity index (χ3n) is 3.27. The topological polar surface area (TPSA) is 75.3 Å². The molecule has 0 aliphatic rings. The van der Waals surface area contributed by atoms with Gasteiger partial charge in [0.25, 0.3) is 5.91 Å². The van der Waals surface area contributed by atoms with Crippen LogP contribution in [0.3, 0.4) is 0 Å². The molecule has 0 saturated heterocycles. The molecular weight excluding hydrogens is 392 g/mol. The first kappa shape index (κ1) is 20.8. The van der Waals surface area contributed by atoms with Gasteiger partial charge in [0.05, 0.1) is 4.90 Å². The molecule has 0 bridgehead atoms. The highest BCUT2D eigenvalue weighted by molar-refractivity contribution is 7.99. The second kappa shape index (κ2) is 9.41. The van der Waals surface area contributed by atoms with E-state index < -0.39 is 10.0 Å². The monoisotopic (exact) mass is 412 g/mol. The molecule has 0 aromatic heterocycles. The second-order valence-corrected chi connectivity index (χ2v) is 9.18. The number of carbonyl (C=O) groups is 1. The summed E-state index contributed by atoms with van der Waals surface area (Å²) in [7, 11) is -3.63. The summed E-state index contributed by atoms with van der Waals surface area (Å²) in [6, 6.07) is 13.3. The summed E-state index contributed by atoms with van der Waals surface area (Å²) in [6.45, 7) is 3.95. The van der Waals surface area contributed by atoms with Crippen LogP contribution in [0.5, 0.6) is 0 Å². The Kier molecular flexibility index (Phi) is 7.52. The summed E-state index contributed by atoms with van der Waals surface area (Å²) in [6.07, 6.45) is 0. The van der Waals surface area contributed by atoms with E-state index in [2.05, 4.69) is 10.0 Å². The summed E-state index contributed by atoms with van der Waals surface area (Å²) >= 11 is 7.44. The van der Waals surface area contributed by atoms with Crippen molar-refractivity contribution in [2.75, 3.05) is 12.3 Å². The number of benzene rings is 2. The zero-order valence-electron chi connectivity index (χ0n) is 14.5. The van der Waals surface area contributed by atoms with Crippen molar-refractivity contribution in [3.05, 3.63) is 59.1 Å². The smallest absolute Gasteiger partial charge is 0.251 e. The minimum atomic E-state index is -3.63. The van der Waals surface area contributed by atoms with Crippen LogP contribution in [-0.4, -0.2) is 32.7 Å². The maximum atomic E-state index is 12.2. The SMILES string of the molecule is CC(C)NS(=O)(=O)c1cccc(C(=O)NCCSc2ccc(Cl)cc2)c1. The van der Waals surface area contributed by atoms with Gasteiger partial charge >= 0.3 is 0 Å². The van der Waals surface area contributed by atoms with Gasteiger partial charge in [0, 0.05) is 33.8 Å². The van der Waals surface area contributed by atoms with Gasteiger partial charge in [-0.3, -0.25) is 4.79 Å². The van der Waals surface area contributed by atoms with Crippen molar-refractivity contribution in [1.29, 1.82) is 0 Å². The van der Waals surface area contributed by atoms with Crippen LogP contribution < -0.4 is 10.0 Å². The average molecular weight is 413 g/mol. The fourth-order valence-electron chi connectivity index (χ4n) is 2.15. The van der Waals surface area contributed by atoms with E-state index in [1.165, 1.54) is 12.1 Å². The Balaban J connectivity index is 1.91. The fourth-order valence-corrected chi connectivity index (χ4v) is 4.34. The lowest BCUT2D eigenvalue weighted by Gasteiger charge is -2.11. The lowest BCUT2D eigenvalue weighted by molar-refractivity contribution is 0.0956. The van der Waals surface area contributed by atoms with Crippen LogP contribution in [0.2, 0.25) is 5.02 Å². The highest BCUT2D eigenvalue weighted by Crippen LogP contribution is 2.19. The third kappa shape index (κ3) is 6.32. The average Bonchev–Trinajstić information content (AvgIpc) is 2.59. The number of hydrogen-bond acceptors (Lipinski definition) is 4. The quantitative estimate of drug-likeness (QED) is 0.513. The molecule has 0 atom stereocenters. The Morgan fingerprint density at radius 2 is 1.85 bits per heavy atom. The van der Waals surface area contributed by atoms with Crippen molar-refractivity contribution >= 4 is 39.3 Å². The Morgan fingerprint density at radius 3 is 2.50 bits per heavy atom.